The first-order chi connectivity index (χ1) is 11.6. The maximum atomic E-state index is 11.6. The highest BCUT2D eigenvalue weighted by Crippen LogP contribution is 2.31. The molecule has 0 spiro atoms. The molecule has 2 aromatic rings. The van der Waals surface area contributed by atoms with Gasteiger partial charge in [-0.3, -0.25) is 4.79 Å². The van der Waals surface area contributed by atoms with Crippen LogP contribution in [0.3, 0.4) is 0 Å². The first kappa shape index (κ1) is 17.7. The van der Waals surface area contributed by atoms with Gasteiger partial charge in [-0.2, -0.15) is 0 Å². The normalized spacial score (nSPS) is 11.6. The number of nitrogens with zero attached hydrogens (tertiary/aromatic N) is 1. The molecule has 6 nitrogen and oxygen atoms in total. The number of carbonyl (C=O) groups is 1. The minimum absolute atomic E-state index is 0.225. The van der Waals surface area contributed by atoms with Gasteiger partial charge in [0.25, 0.3) is 0 Å². The summed E-state index contributed by atoms with van der Waals surface area (Å²) in [6.45, 7) is 4.58. The quantitative estimate of drug-likeness (QED) is 0.777. The summed E-state index contributed by atoms with van der Waals surface area (Å²) >= 11 is 0. The SMILES string of the molecule is CCCOc1ccccc1Oc1ncccc1CNC(=O)[C@@H](C)N. The van der Waals surface area contributed by atoms with E-state index in [1.54, 1.807) is 19.2 Å². The number of nitrogens with one attached hydrogen (secondary N) is 1. The van der Waals surface area contributed by atoms with E-state index in [2.05, 4.69) is 10.3 Å². The molecule has 0 aliphatic heterocycles. The third kappa shape index (κ3) is 4.96. The highest BCUT2D eigenvalue weighted by Gasteiger charge is 2.12. The van der Waals surface area contributed by atoms with Crippen molar-refractivity contribution >= 4 is 5.91 Å². The monoisotopic (exact) mass is 329 g/mol. The van der Waals surface area contributed by atoms with E-state index in [0.29, 0.717) is 30.5 Å². The predicted molar refractivity (Wildman–Crippen MR) is 92.0 cm³/mol. The van der Waals surface area contributed by atoms with E-state index in [1.807, 2.05) is 37.3 Å². The molecular weight excluding hydrogens is 306 g/mol. The zero-order valence-corrected chi connectivity index (χ0v) is 14.0. The van der Waals surface area contributed by atoms with Crippen LogP contribution in [0.15, 0.2) is 42.6 Å². The Kier molecular flexibility index (Phi) is 6.57. The molecule has 0 saturated heterocycles. The summed E-state index contributed by atoms with van der Waals surface area (Å²) in [6, 6.07) is 10.5. The molecule has 6 heteroatoms. The summed E-state index contributed by atoms with van der Waals surface area (Å²) in [6.07, 6.45) is 2.55. The maximum absolute atomic E-state index is 11.6. The molecule has 0 aliphatic rings. The summed E-state index contributed by atoms with van der Waals surface area (Å²) in [5.74, 6) is 1.45. The zero-order valence-electron chi connectivity index (χ0n) is 14.0. The van der Waals surface area contributed by atoms with Crippen LogP contribution in [0.25, 0.3) is 0 Å². The van der Waals surface area contributed by atoms with Crippen LogP contribution >= 0.6 is 0 Å². The van der Waals surface area contributed by atoms with Crippen LogP contribution in [0.4, 0.5) is 0 Å². The Balaban J connectivity index is 2.14. The molecule has 1 amide bonds. The van der Waals surface area contributed by atoms with Crippen molar-refractivity contribution in [2.45, 2.75) is 32.9 Å². The molecule has 1 heterocycles. The molecule has 0 radical (unpaired) electrons. The largest absolute Gasteiger partial charge is 0.490 e. The number of hydrogen-bond donors (Lipinski definition) is 2. The number of rotatable bonds is 8. The van der Waals surface area contributed by atoms with Crippen molar-refractivity contribution in [2.75, 3.05) is 6.61 Å². The Morgan fingerprint density at radius 1 is 1.25 bits per heavy atom. The van der Waals surface area contributed by atoms with E-state index in [9.17, 15) is 4.79 Å². The van der Waals surface area contributed by atoms with Gasteiger partial charge in [-0.15, -0.1) is 0 Å². The second-order valence-corrected chi connectivity index (χ2v) is 5.37. The second kappa shape index (κ2) is 8.88. The lowest BCUT2D eigenvalue weighted by Crippen LogP contribution is -2.37. The van der Waals surface area contributed by atoms with Gasteiger partial charge in [0.2, 0.25) is 11.8 Å². The number of carbonyl (C=O) groups excluding carboxylic acids is 1. The Bertz CT molecular complexity index is 674. The number of pyridine rings is 1. The van der Waals surface area contributed by atoms with Gasteiger partial charge in [-0.1, -0.05) is 25.1 Å². The van der Waals surface area contributed by atoms with Crippen LogP contribution in [0.5, 0.6) is 17.4 Å². The molecule has 0 bridgehead atoms. The van der Waals surface area contributed by atoms with Gasteiger partial charge in [-0.05, 0) is 31.5 Å². The number of nitrogens with two attached hydrogens (primary N) is 1. The molecule has 1 aromatic carbocycles. The van der Waals surface area contributed by atoms with Gasteiger partial charge in [0.1, 0.15) is 0 Å². The number of aromatic nitrogens is 1. The molecule has 0 aliphatic carbocycles. The maximum Gasteiger partial charge on any atom is 0.236 e. The summed E-state index contributed by atoms with van der Waals surface area (Å²) in [5.41, 5.74) is 6.31. The van der Waals surface area contributed by atoms with Crippen LogP contribution < -0.4 is 20.5 Å². The first-order valence-corrected chi connectivity index (χ1v) is 7.98. The van der Waals surface area contributed by atoms with E-state index in [1.165, 1.54) is 0 Å². The fourth-order valence-electron chi connectivity index (χ4n) is 1.96. The second-order valence-electron chi connectivity index (χ2n) is 5.37. The van der Waals surface area contributed by atoms with Crippen molar-refractivity contribution < 1.29 is 14.3 Å². The summed E-state index contributed by atoms with van der Waals surface area (Å²) in [5, 5.41) is 2.76. The molecule has 128 valence electrons. The standard InChI is InChI=1S/C18H23N3O3/c1-3-11-23-15-8-4-5-9-16(15)24-18-14(7-6-10-20-18)12-21-17(22)13(2)19/h4-10,13H,3,11-12,19H2,1-2H3,(H,21,22)/t13-/m1/s1. The van der Waals surface area contributed by atoms with Gasteiger partial charge in [0, 0.05) is 18.3 Å². The number of para-hydroxylation sites is 2. The van der Waals surface area contributed by atoms with Crippen LogP contribution in [-0.4, -0.2) is 23.5 Å². The van der Waals surface area contributed by atoms with Gasteiger partial charge in [0.05, 0.1) is 12.6 Å². The van der Waals surface area contributed by atoms with E-state index in [0.717, 1.165) is 12.0 Å². The van der Waals surface area contributed by atoms with Crippen LogP contribution in [-0.2, 0) is 11.3 Å². The number of amides is 1. The van der Waals surface area contributed by atoms with Crippen molar-refractivity contribution in [1.82, 2.24) is 10.3 Å². The number of ether oxygens (including phenoxy) is 2. The molecule has 0 unspecified atom stereocenters. The van der Waals surface area contributed by atoms with Crippen molar-refractivity contribution in [3.05, 3.63) is 48.2 Å². The lowest BCUT2D eigenvalue weighted by molar-refractivity contribution is -0.122. The van der Waals surface area contributed by atoms with Crippen LogP contribution in [0, 0.1) is 0 Å². The molecule has 1 aromatic heterocycles. The van der Waals surface area contributed by atoms with Gasteiger partial charge in [-0.25, -0.2) is 4.98 Å². The van der Waals surface area contributed by atoms with Crippen molar-refractivity contribution in [2.24, 2.45) is 5.73 Å². The minimum atomic E-state index is -0.561. The summed E-state index contributed by atoms with van der Waals surface area (Å²) < 4.78 is 11.6. The van der Waals surface area contributed by atoms with E-state index < -0.39 is 6.04 Å². The highest BCUT2D eigenvalue weighted by molar-refractivity contribution is 5.80. The Morgan fingerprint density at radius 2 is 2.00 bits per heavy atom. The van der Waals surface area contributed by atoms with Gasteiger partial charge in [0.15, 0.2) is 11.5 Å². The van der Waals surface area contributed by atoms with Crippen LogP contribution in [0.1, 0.15) is 25.8 Å². The summed E-state index contributed by atoms with van der Waals surface area (Å²) in [4.78, 5) is 15.9. The molecule has 3 N–H and O–H groups in total. The van der Waals surface area contributed by atoms with Crippen molar-refractivity contribution in [3.63, 3.8) is 0 Å². The van der Waals surface area contributed by atoms with E-state index in [4.69, 9.17) is 15.2 Å². The predicted octanol–water partition coefficient (Wildman–Crippen LogP) is 2.63. The van der Waals surface area contributed by atoms with E-state index >= 15 is 0 Å². The van der Waals surface area contributed by atoms with E-state index in [-0.39, 0.29) is 5.91 Å². The third-order valence-electron chi connectivity index (χ3n) is 3.23. The Hall–Kier alpha value is -2.60. The van der Waals surface area contributed by atoms with Crippen LogP contribution in [0.2, 0.25) is 0 Å². The molecule has 24 heavy (non-hydrogen) atoms. The molecule has 0 saturated carbocycles. The average Bonchev–Trinajstić information content (AvgIpc) is 2.59. The fourth-order valence-corrected chi connectivity index (χ4v) is 1.96. The van der Waals surface area contributed by atoms with Crippen molar-refractivity contribution in [1.29, 1.82) is 0 Å². The average molecular weight is 329 g/mol. The smallest absolute Gasteiger partial charge is 0.236 e. The molecule has 0 fully saturated rings. The first-order valence-electron chi connectivity index (χ1n) is 7.98. The van der Waals surface area contributed by atoms with Crippen molar-refractivity contribution in [3.8, 4) is 17.4 Å². The summed E-state index contributed by atoms with van der Waals surface area (Å²) in [7, 11) is 0. The van der Waals surface area contributed by atoms with Gasteiger partial charge >= 0.3 is 0 Å². The fraction of sp³-hybridized carbons (Fsp3) is 0.333. The molecular formula is C18H23N3O3. The Morgan fingerprint density at radius 3 is 2.71 bits per heavy atom. The van der Waals surface area contributed by atoms with Gasteiger partial charge < -0.3 is 20.5 Å². The number of hydrogen-bond acceptors (Lipinski definition) is 5. The topological polar surface area (TPSA) is 86.5 Å². The highest BCUT2D eigenvalue weighted by atomic mass is 16.5. The minimum Gasteiger partial charge on any atom is -0.490 e. The zero-order chi connectivity index (χ0) is 17.4. The Labute approximate surface area is 142 Å². The molecule has 1 atom stereocenters. The lowest BCUT2D eigenvalue weighted by atomic mass is 10.2. The number of benzene rings is 1. The lowest BCUT2D eigenvalue weighted by Gasteiger charge is -2.14. The molecule has 2 rings (SSSR count). The third-order valence-corrected chi connectivity index (χ3v) is 3.23.